The number of nitrogens with zero attached hydrogens (tertiary/aromatic N) is 5. The van der Waals surface area contributed by atoms with E-state index < -0.39 is 0 Å². The fraction of sp³-hybridized carbons (Fsp3) is 0.450. The SMILES string of the molecule is CCCCN(C)c1cnc(C(=O)N2CCN(c3ccccc3)CC2)cn1. The number of carbonyl (C=O) groups excluding carboxylic acids is 1. The second-order valence-electron chi connectivity index (χ2n) is 6.65. The van der Waals surface area contributed by atoms with Crippen molar-refractivity contribution in [2.24, 2.45) is 0 Å². The van der Waals surface area contributed by atoms with Gasteiger partial charge in [-0.25, -0.2) is 9.97 Å². The van der Waals surface area contributed by atoms with Crippen LogP contribution in [0.5, 0.6) is 0 Å². The molecule has 1 fully saturated rings. The van der Waals surface area contributed by atoms with Crippen LogP contribution in [0.1, 0.15) is 30.3 Å². The minimum atomic E-state index is -0.0343. The fourth-order valence-electron chi connectivity index (χ4n) is 3.11. The highest BCUT2D eigenvalue weighted by atomic mass is 16.2. The Balaban J connectivity index is 1.56. The molecule has 1 aliphatic heterocycles. The van der Waals surface area contributed by atoms with E-state index in [1.165, 1.54) is 5.69 Å². The van der Waals surface area contributed by atoms with Crippen LogP contribution < -0.4 is 9.80 Å². The minimum Gasteiger partial charge on any atom is -0.368 e. The van der Waals surface area contributed by atoms with E-state index in [0.29, 0.717) is 18.8 Å². The van der Waals surface area contributed by atoms with Crippen LogP contribution in [0.4, 0.5) is 11.5 Å². The molecule has 1 amide bonds. The van der Waals surface area contributed by atoms with Gasteiger partial charge in [-0.15, -0.1) is 0 Å². The molecule has 1 aromatic carbocycles. The lowest BCUT2D eigenvalue weighted by Gasteiger charge is -2.36. The lowest BCUT2D eigenvalue weighted by molar-refractivity contribution is 0.0740. The summed E-state index contributed by atoms with van der Waals surface area (Å²) in [6.07, 6.45) is 5.56. The quantitative estimate of drug-likeness (QED) is 0.799. The van der Waals surface area contributed by atoms with Gasteiger partial charge in [-0.2, -0.15) is 0 Å². The van der Waals surface area contributed by atoms with E-state index in [1.54, 1.807) is 12.4 Å². The van der Waals surface area contributed by atoms with E-state index in [2.05, 4.69) is 38.8 Å². The predicted molar refractivity (Wildman–Crippen MR) is 105 cm³/mol. The summed E-state index contributed by atoms with van der Waals surface area (Å²) in [5, 5.41) is 0. The first-order valence-electron chi connectivity index (χ1n) is 9.31. The van der Waals surface area contributed by atoms with Gasteiger partial charge in [0, 0.05) is 45.5 Å². The maximum atomic E-state index is 12.7. The van der Waals surface area contributed by atoms with E-state index >= 15 is 0 Å². The second-order valence-corrected chi connectivity index (χ2v) is 6.65. The summed E-state index contributed by atoms with van der Waals surface area (Å²) in [6, 6.07) is 10.3. The van der Waals surface area contributed by atoms with E-state index in [9.17, 15) is 4.79 Å². The molecule has 0 N–H and O–H groups in total. The molecular formula is C20H27N5O. The monoisotopic (exact) mass is 353 g/mol. The summed E-state index contributed by atoms with van der Waals surface area (Å²) < 4.78 is 0. The molecule has 2 aromatic rings. The highest BCUT2D eigenvalue weighted by Gasteiger charge is 2.23. The van der Waals surface area contributed by atoms with Crippen molar-refractivity contribution < 1.29 is 4.79 Å². The van der Waals surface area contributed by atoms with E-state index in [4.69, 9.17) is 0 Å². The van der Waals surface area contributed by atoms with Crippen molar-refractivity contribution in [1.29, 1.82) is 0 Å². The number of rotatable bonds is 6. The van der Waals surface area contributed by atoms with Crippen LogP contribution in [0.15, 0.2) is 42.7 Å². The smallest absolute Gasteiger partial charge is 0.274 e. The molecule has 0 radical (unpaired) electrons. The number of anilines is 2. The molecule has 0 aliphatic carbocycles. The van der Waals surface area contributed by atoms with Gasteiger partial charge in [0.25, 0.3) is 5.91 Å². The zero-order valence-corrected chi connectivity index (χ0v) is 15.6. The molecule has 6 heteroatoms. The van der Waals surface area contributed by atoms with Gasteiger partial charge in [0.2, 0.25) is 0 Å². The maximum Gasteiger partial charge on any atom is 0.274 e. The average molecular weight is 353 g/mol. The molecule has 1 saturated heterocycles. The standard InChI is InChI=1S/C20H27N5O/c1-3-4-10-23(2)19-16-21-18(15-22-19)20(26)25-13-11-24(12-14-25)17-8-6-5-7-9-17/h5-9,15-16H,3-4,10-14H2,1-2H3. The van der Waals surface area contributed by atoms with Gasteiger partial charge in [0.1, 0.15) is 11.5 Å². The maximum absolute atomic E-state index is 12.7. The topological polar surface area (TPSA) is 52.6 Å². The minimum absolute atomic E-state index is 0.0343. The molecule has 3 rings (SSSR count). The highest BCUT2D eigenvalue weighted by Crippen LogP contribution is 2.17. The normalized spacial score (nSPS) is 14.4. The van der Waals surface area contributed by atoms with Crippen LogP contribution in [0.2, 0.25) is 0 Å². The highest BCUT2D eigenvalue weighted by molar-refractivity contribution is 5.92. The van der Waals surface area contributed by atoms with Crippen molar-refractivity contribution >= 4 is 17.4 Å². The average Bonchev–Trinajstić information content (AvgIpc) is 2.72. The molecular weight excluding hydrogens is 326 g/mol. The Morgan fingerprint density at radius 3 is 2.42 bits per heavy atom. The molecule has 0 atom stereocenters. The van der Waals surface area contributed by atoms with Crippen LogP contribution in [0.3, 0.4) is 0 Å². The molecule has 1 aromatic heterocycles. The van der Waals surface area contributed by atoms with E-state index in [-0.39, 0.29) is 5.91 Å². The van der Waals surface area contributed by atoms with Gasteiger partial charge in [0.05, 0.1) is 12.4 Å². The Morgan fingerprint density at radius 1 is 1.08 bits per heavy atom. The van der Waals surface area contributed by atoms with Crippen LogP contribution >= 0.6 is 0 Å². The van der Waals surface area contributed by atoms with E-state index in [1.807, 2.05) is 30.1 Å². The Kier molecular flexibility index (Phi) is 6.04. The van der Waals surface area contributed by atoms with Crippen molar-refractivity contribution in [2.45, 2.75) is 19.8 Å². The Hall–Kier alpha value is -2.63. The third kappa shape index (κ3) is 4.31. The van der Waals surface area contributed by atoms with Crippen LogP contribution in [-0.2, 0) is 0 Å². The molecule has 1 aliphatic rings. The zero-order valence-electron chi connectivity index (χ0n) is 15.6. The molecule has 2 heterocycles. The van der Waals surface area contributed by atoms with Gasteiger partial charge in [-0.3, -0.25) is 4.79 Å². The van der Waals surface area contributed by atoms with E-state index in [0.717, 1.165) is 38.3 Å². The van der Waals surface area contributed by atoms with Crippen LogP contribution in [0, 0.1) is 0 Å². The Bertz CT molecular complexity index is 696. The Morgan fingerprint density at radius 2 is 1.81 bits per heavy atom. The Labute approximate surface area is 155 Å². The first-order valence-corrected chi connectivity index (χ1v) is 9.31. The molecule has 0 bridgehead atoms. The number of piperazine rings is 1. The van der Waals surface area contributed by atoms with Gasteiger partial charge < -0.3 is 14.7 Å². The third-order valence-electron chi connectivity index (χ3n) is 4.78. The zero-order chi connectivity index (χ0) is 18.4. The first-order chi connectivity index (χ1) is 12.7. The third-order valence-corrected chi connectivity index (χ3v) is 4.78. The molecule has 0 spiro atoms. The molecule has 138 valence electrons. The summed E-state index contributed by atoms with van der Waals surface area (Å²) in [5.74, 6) is 0.775. The second kappa shape index (κ2) is 8.65. The number of aromatic nitrogens is 2. The van der Waals surface area contributed by atoms with Crippen molar-refractivity contribution in [1.82, 2.24) is 14.9 Å². The van der Waals surface area contributed by atoms with Crippen molar-refractivity contribution in [2.75, 3.05) is 49.6 Å². The van der Waals surface area contributed by atoms with Crippen molar-refractivity contribution in [3.63, 3.8) is 0 Å². The fourth-order valence-corrected chi connectivity index (χ4v) is 3.11. The molecule has 26 heavy (non-hydrogen) atoms. The van der Waals surface area contributed by atoms with Gasteiger partial charge in [-0.1, -0.05) is 31.5 Å². The van der Waals surface area contributed by atoms with Crippen molar-refractivity contribution in [3.8, 4) is 0 Å². The predicted octanol–water partition coefficient (Wildman–Crippen LogP) is 2.68. The lowest BCUT2D eigenvalue weighted by atomic mass is 10.2. The number of para-hydroxylation sites is 1. The van der Waals surface area contributed by atoms with Crippen molar-refractivity contribution in [3.05, 3.63) is 48.4 Å². The van der Waals surface area contributed by atoms with Gasteiger partial charge in [-0.05, 0) is 18.6 Å². The summed E-state index contributed by atoms with van der Waals surface area (Å²) in [5.41, 5.74) is 1.63. The summed E-state index contributed by atoms with van der Waals surface area (Å²) in [6.45, 7) is 6.18. The van der Waals surface area contributed by atoms with Gasteiger partial charge in [0.15, 0.2) is 0 Å². The molecule has 0 saturated carbocycles. The number of hydrogen-bond donors (Lipinski definition) is 0. The summed E-state index contributed by atoms with van der Waals surface area (Å²) >= 11 is 0. The number of hydrogen-bond acceptors (Lipinski definition) is 5. The number of amides is 1. The lowest BCUT2D eigenvalue weighted by Crippen LogP contribution is -2.49. The summed E-state index contributed by atoms with van der Waals surface area (Å²) in [4.78, 5) is 27.7. The van der Waals surface area contributed by atoms with Crippen LogP contribution in [-0.4, -0.2) is 60.5 Å². The molecule has 0 unspecified atom stereocenters. The summed E-state index contributed by atoms with van der Waals surface area (Å²) in [7, 11) is 2.00. The number of carbonyl (C=O) groups is 1. The number of benzene rings is 1. The molecule has 6 nitrogen and oxygen atoms in total. The first kappa shape index (κ1) is 18.2. The number of unbranched alkanes of at least 4 members (excludes halogenated alkanes) is 1. The van der Waals surface area contributed by atoms with Gasteiger partial charge >= 0.3 is 0 Å². The van der Waals surface area contributed by atoms with Crippen LogP contribution in [0.25, 0.3) is 0 Å². The largest absolute Gasteiger partial charge is 0.368 e.